The molecule has 0 heterocycles. The number of unbranched alkanes of at least 4 members (excludes halogenated alkanes) is 3. The van der Waals surface area contributed by atoms with Crippen molar-refractivity contribution in [2.45, 2.75) is 98.3 Å². The standard InChI is InChI=1S/C18H36O/c1-5-6-7-8-14-18(19)15-10-13-17(4)12-9-11-16(2)3/h16-17H,5-15H2,1-4H3/t17-/m1/s1. The van der Waals surface area contributed by atoms with Crippen LogP contribution in [-0.4, -0.2) is 5.78 Å². The summed E-state index contributed by atoms with van der Waals surface area (Å²) < 4.78 is 0. The van der Waals surface area contributed by atoms with Crippen LogP contribution < -0.4 is 0 Å². The molecule has 19 heavy (non-hydrogen) atoms. The van der Waals surface area contributed by atoms with Gasteiger partial charge in [0, 0.05) is 12.8 Å². The van der Waals surface area contributed by atoms with Crippen LogP contribution in [0.15, 0.2) is 0 Å². The fraction of sp³-hybridized carbons (Fsp3) is 0.944. The molecule has 0 aromatic heterocycles. The maximum absolute atomic E-state index is 11.7. The summed E-state index contributed by atoms with van der Waals surface area (Å²) in [5.41, 5.74) is 0. The second-order valence-corrected chi connectivity index (χ2v) is 6.67. The van der Waals surface area contributed by atoms with E-state index >= 15 is 0 Å². The third-order valence-electron chi connectivity index (χ3n) is 3.94. The number of hydrogen-bond donors (Lipinski definition) is 0. The zero-order chi connectivity index (χ0) is 14.5. The Morgan fingerprint density at radius 3 is 2.05 bits per heavy atom. The van der Waals surface area contributed by atoms with Crippen LogP contribution in [0.4, 0.5) is 0 Å². The quantitative estimate of drug-likeness (QED) is 0.366. The molecule has 0 aliphatic rings. The van der Waals surface area contributed by atoms with Gasteiger partial charge in [0.2, 0.25) is 0 Å². The van der Waals surface area contributed by atoms with Crippen molar-refractivity contribution in [3.63, 3.8) is 0 Å². The van der Waals surface area contributed by atoms with Gasteiger partial charge in [0.15, 0.2) is 0 Å². The van der Waals surface area contributed by atoms with Crippen molar-refractivity contribution in [2.24, 2.45) is 11.8 Å². The Morgan fingerprint density at radius 2 is 1.42 bits per heavy atom. The smallest absolute Gasteiger partial charge is 0.132 e. The van der Waals surface area contributed by atoms with E-state index in [1.54, 1.807) is 0 Å². The molecule has 0 aromatic carbocycles. The van der Waals surface area contributed by atoms with Crippen molar-refractivity contribution in [3.05, 3.63) is 0 Å². The van der Waals surface area contributed by atoms with Crippen LogP contribution in [0.2, 0.25) is 0 Å². The Balaban J connectivity index is 3.38. The highest BCUT2D eigenvalue weighted by Crippen LogP contribution is 2.18. The maximum atomic E-state index is 11.7. The zero-order valence-corrected chi connectivity index (χ0v) is 13.8. The van der Waals surface area contributed by atoms with Crippen molar-refractivity contribution < 1.29 is 4.79 Å². The SMILES string of the molecule is CCCCCCC(=O)CCC[C@H](C)CCCC(C)C. The molecule has 1 nitrogen and oxygen atoms in total. The van der Waals surface area contributed by atoms with Crippen LogP contribution in [0, 0.1) is 11.8 Å². The van der Waals surface area contributed by atoms with E-state index in [2.05, 4.69) is 27.7 Å². The van der Waals surface area contributed by atoms with Crippen molar-refractivity contribution in [1.82, 2.24) is 0 Å². The van der Waals surface area contributed by atoms with Gasteiger partial charge in [-0.15, -0.1) is 0 Å². The van der Waals surface area contributed by atoms with Crippen molar-refractivity contribution >= 4 is 5.78 Å². The minimum atomic E-state index is 0.491. The molecule has 0 saturated carbocycles. The van der Waals surface area contributed by atoms with Crippen molar-refractivity contribution in [2.75, 3.05) is 0 Å². The highest BCUT2D eigenvalue weighted by molar-refractivity contribution is 5.78. The molecular formula is C18H36O. The first-order valence-electron chi connectivity index (χ1n) is 8.58. The second kappa shape index (κ2) is 12.7. The predicted molar refractivity (Wildman–Crippen MR) is 85.5 cm³/mol. The lowest BCUT2D eigenvalue weighted by atomic mass is 9.94. The fourth-order valence-electron chi connectivity index (χ4n) is 2.54. The van der Waals surface area contributed by atoms with Crippen LogP contribution in [0.3, 0.4) is 0 Å². The molecule has 0 aliphatic carbocycles. The molecule has 0 fully saturated rings. The number of rotatable bonds is 13. The summed E-state index contributed by atoms with van der Waals surface area (Å²) in [6.07, 6.45) is 12.9. The van der Waals surface area contributed by atoms with Gasteiger partial charge in [-0.2, -0.15) is 0 Å². The van der Waals surface area contributed by atoms with E-state index in [1.165, 1.54) is 44.9 Å². The van der Waals surface area contributed by atoms with Crippen LogP contribution in [0.5, 0.6) is 0 Å². The molecule has 114 valence electrons. The summed E-state index contributed by atoms with van der Waals surface area (Å²) in [5, 5.41) is 0. The molecule has 0 saturated heterocycles. The Morgan fingerprint density at radius 1 is 0.789 bits per heavy atom. The first-order chi connectivity index (χ1) is 9.06. The lowest BCUT2D eigenvalue weighted by Gasteiger charge is -2.11. The molecule has 1 heteroatoms. The van der Waals surface area contributed by atoms with E-state index in [9.17, 15) is 4.79 Å². The maximum Gasteiger partial charge on any atom is 0.132 e. The van der Waals surface area contributed by atoms with Gasteiger partial charge in [-0.1, -0.05) is 72.6 Å². The molecule has 0 rings (SSSR count). The average Bonchev–Trinajstić information content (AvgIpc) is 2.34. The Kier molecular flexibility index (Phi) is 12.5. The largest absolute Gasteiger partial charge is 0.300 e. The van der Waals surface area contributed by atoms with Gasteiger partial charge in [-0.05, 0) is 24.7 Å². The van der Waals surface area contributed by atoms with Crippen LogP contribution in [0.1, 0.15) is 98.3 Å². The Bertz CT molecular complexity index is 208. The van der Waals surface area contributed by atoms with E-state index in [0.29, 0.717) is 5.78 Å². The number of carbonyl (C=O) groups is 1. The van der Waals surface area contributed by atoms with E-state index in [0.717, 1.165) is 37.5 Å². The second-order valence-electron chi connectivity index (χ2n) is 6.67. The fourth-order valence-corrected chi connectivity index (χ4v) is 2.54. The summed E-state index contributed by atoms with van der Waals surface area (Å²) in [7, 11) is 0. The zero-order valence-electron chi connectivity index (χ0n) is 13.8. The molecule has 0 aromatic rings. The van der Waals surface area contributed by atoms with Gasteiger partial charge in [-0.3, -0.25) is 4.79 Å². The summed E-state index contributed by atoms with van der Waals surface area (Å²) in [6, 6.07) is 0. The van der Waals surface area contributed by atoms with Gasteiger partial charge in [-0.25, -0.2) is 0 Å². The molecule has 0 amide bonds. The highest BCUT2D eigenvalue weighted by atomic mass is 16.1. The van der Waals surface area contributed by atoms with Gasteiger partial charge in [0.25, 0.3) is 0 Å². The Hall–Kier alpha value is -0.330. The van der Waals surface area contributed by atoms with Crippen LogP contribution >= 0.6 is 0 Å². The average molecular weight is 268 g/mol. The van der Waals surface area contributed by atoms with E-state index in [4.69, 9.17) is 0 Å². The summed E-state index contributed by atoms with van der Waals surface area (Å²) in [5.74, 6) is 2.12. The van der Waals surface area contributed by atoms with Gasteiger partial charge < -0.3 is 0 Å². The lowest BCUT2D eigenvalue weighted by molar-refractivity contribution is -0.119. The summed E-state index contributed by atoms with van der Waals surface area (Å²) >= 11 is 0. The number of hydrogen-bond acceptors (Lipinski definition) is 1. The monoisotopic (exact) mass is 268 g/mol. The summed E-state index contributed by atoms with van der Waals surface area (Å²) in [6.45, 7) is 9.14. The van der Waals surface area contributed by atoms with E-state index in [-0.39, 0.29) is 0 Å². The minimum absolute atomic E-state index is 0.491. The molecule has 0 spiro atoms. The highest BCUT2D eigenvalue weighted by Gasteiger charge is 2.06. The van der Waals surface area contributed by atoms with Crippen molar-refractivity contribution in [3.8, 4) is 0 Å². The lowest BCUT2D eigenvalue weighted by Crippen LogP contribution is -2.01. The molecule has 0 unspecified atom stereocenters. The van der Waals surface area contributed by atoms with Gasteiger partial charge in [0.05, 0.1) is 0 Å². The normalized spacial score (nSPS) is 12.9. The van der Waals surface area contributed by atoms with Crippen molar-refractivity contribution in [1.29, 1.82) is 0 Å². The number of carbonyl (C=O) groups excluding carboxylic acids is 1. The molecular weight excluding hydrogens is 232 g/mol. The number of ketones is 1. The van der Waals surface area contributed by atoms with E-state index < -0.39 is 0 Å². The molecule has 0 aliphatic heterocycles. The predicted octanol–water partition coefficient (Wildman–Crippen LogP) is 6.16. The van der Waals surface area contributed by atoms with Crippen LogP contribution in [-0.2, 0) is 4.79 Å². The minimum Gasteiger partial charge on any atom is -0.300 e. The topological polar surface area (TPSA) is 17.1 Å². The van der Waals surface area contributed by atoms with Crippen LogP contribution in [0.25, 0.3) is 0 Å². The molecule has 0 radical (unpaired) electrons. The first kappa shape index (κ1) is 18.7. The third-order valence-corrected chi connectivity index (χ3v) is 3.94. The van der Waals surface area contributed by atoms with Gasteiger partial charge in [0.1, 0.15) is 5.78 Å². The molecule has 1 atom stereocenters. The first-order valence-corrected chi connectivity index (χ1v) is 8.58. The molecule has 0 N–H and O–H groups in total. The third kappa shape index (κ3) is 13.9. The van der Waals surface area contributed by atoms with E-state index in [1.807, 2.05) is 0 Å². The Labute approximate surface area is 121 Å². The number of Topliss-reactive ketones (excluding diaryl/α,β-unsaturated/α-hetero) is 1. The summed E-state index contributed by atoms with van der Waals surface area (Å²) in [4.78, 5) is 11.7. The van der Waals surface area contributed by atoms with Gasteiger partial charge >= 0.3 is 0 Å². The molecule has 0 bridgehead atoms.